The molecule has 18 heavy (non-hydrogen) atoms. The lowest BCUT2D eigenvalue weighted by atomic mass is 9.91. The first-order valence-electron chi connectivity index (χ1n) is 6.69. The number of likely N-dealkylation sites (N-methyl/N-ethyl adjacent to an activating group) is 1. The largest absolute Gasteiger partial charge is 0.353 e. The summed E-state index contributed by atoms with van der Waals surface area (Å²) in [7, 11) is 4.35. The molecule has 0 bridgehead atoms. The molecule has 2 rings (SSSR count). The Morgan fingerprint density at radius 1 is 1.22 bits per heavy atom. The molecule has 2 heterocycles. The van der Waals surface area contributed by atoms with Crippen LogP contribution in [0.2, 0.25) is 0 Å². The third-order valence-corrected chi connectivity index (χ3v) is 4.01. The average Bonchev–Trinajstić information content (AvgIpc) is 2.74. The number of aryl methyl sites for hydroxylation is 1. The SMILES string of the molecule is Cc1nccnc1N1C[C@@H](N(C)C)[C@H](C(C)C)C1. The van der Waals surface area contributed by atoms with Gasteiger partial charge in [-0.1, -0.05) is 13.8 Å². The van der Waals surface area contributed by atoms with E-state index in [2.05, 4.69) is 47.7 Å². The smallest absolute Gasteiger partial charge is 0.150 e. The van der Waals surface area contributed by atoms with E-state index in [9.17, 15) is 0 Å². The van der Waals surface area contributed by atoms with Crippen LogP contribution >= 0.6 is 0 Å². The van der Waals surface area contributed by atoms with Gasteiger partial charge in [0, 0.05) is 31.5 Å². The Morgan fingerprint density at radius 2 is 1.89 bits per heavy atom. The normalized spacial score (nSPS) is 24.3. The van der Waals surface area contributed by atoms with Gasteiger partial charge in [0.15, 0.2) is 0 Å². The summed E-state index contributed by atoms with van der Waals surface area (Å²) < 4.78 is 0. The van der Waals surface area contributed by atoms with E-state index in [0.717, 1.165) is 24.6 Å². The van der Waals surface area contributed by atoms with Gasteiger partial charge in [-0.3, -0.25) is 4.98 Å². The fraction of sp³-hybridized carbons (Fsp3) is 0.714. The van der Waals surface area contributed by atoms with Gasteiger partial charge < -0.3 is 9.80 Å². The van der Waals surface area contributed by atoms with Crippen molar-refractivity contribution in [3.8, 4) is 0 Å². The summed E-state index contributed by atoms with van der Waals surface area (Å²) in [5.41, 5.74) is 1.03. The molecule has 0 N–H and O–H groups in total. The van der Waals surface area contributed by atoms with Gasteiger partial charge >= 0.3 is 0 Å². The number of aromatic nitrogens is 2. The van der Waals surface area contributed by atoms with Crippen molar-refractivity contribution in [3.63, 3.8) is 0 Å². The van der Waals surface area contributed by atoms with Crippen molar-refractivity contribution in [2.45, 2.75) is 26.8 Å². The Balaban J connectivity index is 2.21. The lowest BCUT2D eigenvalue weighted by Gasteiger charge is -2.27. The monoisotopic (exact) mass is 248 g/mol. The van der Waals surface area contributed by atoms with E-state index in [-0.39, 0.29) is 0 Å². The molecule has 2 atom stereocenters. The number of anilines is 1. The van der Waals surface area contributed by atoms with Crippen LogP contribution in [0.25, 0.3) is 0 Å². The van der Waals surface area contributed by atoms with Crippen molar-refractivity contribution >= 4 is 5.82 Å². The van der Waals surface area contributed by atoms with Crippen molar-refractivity contribution in [2.75, 3.05) is 32.1 Å². The molecule has 1 aromatic rings. The molecule has 1 aromatic heterocycles. The van der Waals surface area contributed by atoms with Gasteiger partial charge in [0.2, 0.25) is 0 Å². The number of hydrogen-bond donors (Lipinski definition) is 0. The fourth-order valence-electron chi connectivity index (χ4n) is 2.90. The zero-order chi connectivity index (χ0) is 13.3. The highest BCUT2D eigenvalue weighted by Gasteiger charge is 2.36. The van der Waals surface area contributed by atoms with Crippen LogP contribution in [0, 0.1) is 18.8 Å². The summed E-state index contributed by atoms with van der Waals surface area (Å²) >= 11 is 0. The van der Waals surface area contributed by atoms with Crippen LogP contribution in [0.15, 0.2) is 12.4 Å². The van der Waals surface area contributed by atoms with Gasteiger partial charge in [-0.2, -0.15) is 0 Å². The van der Waals surface area contributed by atoms with Crippen molar-refractivity contribution < 1.29 is 0 Å². The molecule has 4 nitrogen and oxygen atoms in total. The Hall–Kier alpha value is -1.16. The van der Waals surface area contributed by atoms with E-state index in [4.69, 9.17) is 0 Å². The summed E-state index contributed by atoms with van der Waals surface area (Å²) in [4.78, 5) is 13.6. The molecule has 1 saturated heterocycles. The van der Waals surface area contributed by atoms with Crippen LogP contribution in [0.5, 0.6) is 0 Å². The van der Waals surface area contributed by atoms with Gasteiger partial charge in [0.05, 0.1) is 5.69 Å². The molecule has 100 valence electrons. The van der Waals surface area contributed by atoms with Gasteiger partial charge in [0.25, 0.3) is 0 Å². The molecule has 1 fully saturated rings. The summed E-state index contributed by atoms with van der Waals surface area (Å²) in [5, 5.41) is 0. The predicted molar refractivity (Wildman–Crippen MR) is 74.8 cm³/mol. The van der Waals surface area contributed by atoms with E-state index in [1.807, 2.05) is 6.92 Å². The molecule has 0 aromatic carbocycles. The van der Waals surface area contributed by atoms with Gasteiger partial charge in [0.1, 0.15) is 5.82 Å². The third-order valence-electron chi connectivity index (χ3n) is 4.01. The topological polar surface area (TPSA) is 32.3 Å². The average molecular weight is 248 g/mol. The first kappa shape index (κ1) is 13.3. The minimum Gasteiger partial charge on any atom is -0.353 e. The second-order valence-corrected chi connectivity index (χ2v) is 5.81. The summed E-state index contributed by atoms with van der Waals surface area (Å²) in [6.07, 6.45) is 3.55. The van der Waals surface area contributed by atoms with Gasteiger partial charge in [-0.25, -0.2) is 4.98 Å². The van der Waals surface area contributed by atoms with Crippen molar-refractivity contribution in [1.29, 1.82) is 0 Å². The van der Waals surface area contributed by atoms with Crippen molar-refractivity contribution in [3.05, 3.63) is 18.1 Å². The van der Waals surface area contributed by atoms with E-state index in [0.29, 0.717) is 17.9 Å². The van der Waals surface area contributed by atoms with Gasteiger partial charge in [-0.15, -0.1) is 0 Å². The van der Waals surface area contributed by atoms with Crippen molar-refractivity contribution in [2.24, 2.45) is 11.8 Å². The minimum atomic E-state index is 0.603. The molecule has 0 aliphatic carbocycles. The number of rotatable bonds is 3. The first-order valence-corrected chi connectivity index (χ1v) is 6.69. The summed E-state index contributed by atoms with van der Waals surface area (Å²) in [5.74, 6) is 2.44. The lowest BCUT2D eigenvalue weighted by Crippen LogP contribution is -2.37. The maximum atomic E-state index is 4.49. The molecular formula is C14H24N4. The maximum Gasteiger partial charge on any atom is 0.150 e. The minimum absolute atomic E-state index is 0.603. The Kier molecular flexibility index (Phi) is 3.85. The second-order valence-electron chi connectivity index (χ2n) is 5.81. The Bertz CT molecular complexity index is 387. The molecule has 0 unspecified atom stereocenters. The van der Waals surface area contributed by atoms with Crippen LogP contribution in [0.1, 0.15) is 19.5 Å². The molecule has 0 saturated carbocycles. The molecule has 0 radical (unpaired) electrons. The molecule has 1 aliphatic heterocycles. The van der Waals surface area contributed by atoms with Gasteiger partial charge in [-0.05, 0) is 32.9 Å². The quantitative estimate of drug-likeness (QED) is 0.816. The molecule has 4 heteroatoms. The lowest BCUT2D eigenvalue weighted by molar-refractivity contribution is 0.216. The molecular weight excluding hydrogens is 224 g/mol. The standard InChI is InChI=1S/C14H24N4/c1-10(2)12-8-18(9-13(12)17(4)5)14-11(3)15-6-7-16-14/h6-7,10,12-13H,8-9H2,1-5H3/t12-,13+/m0/s1. The Morgan fingerprint density at radius 3 is 2.39 bits per heavy atom. The third kappa shape index (κ3) is 2.48. The Labute approximate surface area is 110 Å². The number of nitrogens with zero attached hydrogens (tertiary/aromatic N) is 4. The summed E-state index contributed by atoms with van der Waals surface area (Å²) in [6.45, 7) is 8.80. The van der Waals surface area contributed by atoms with E-state index >= 15 is 0 Å². The highest BCUT2D eigenvalue weighted by molar-refractivity contribution is 5.44. The maximum absolute atomic E-state index is 4.49. The van der Waals surface area contributed by atoms with Crippen LogP contribution in [-0.4, -0.2) is 48.1 Å². The second kappa shape index (κ2) is 5.22. The molecule has 0 spiro atoms. The van der Waals surface area contributed by atoms with E-state index < -0.39 is 0 Å². The van der Waals surface area contributed by atoms with E-state index in [1.54, 1.807) is 12.4 Å². The molecule has 0 amide bonds. The van der Waals surface area contributed by atoms with Crippen molar-refractivity contribution in [1.82, 2.24) is 14.9 Å². The van der Waals surface area contributed by atoms with Crippen LogP contribution in [0.3, 0.4) is 0 Å². The zero-order valence-corrected chi connectivity index (χ0v) is 12.1. The summed E-state index contributed by atoms with van der Waals surface area (Å²) in [6, 6.07) is 0.603. The number of hydrogen-bond acceptors (Lipinski definition) is 4. The highest BCUT2D eigenvalue weighted by Crippen LogP contribution is 2.30. The van der Waals surface area contributed by atoms with Crippen LogP contribution < -0.4 is 4.90 Å². The van der Waals surface area contributed by atoms with Crippen LogP contribution in [0.4, 0.5) is 5.82 Å². The van der Waals surface area contributed by atoms with E-state index in [1.165, 1.54) is 0 Å². The highest BCUT2D eigenvalue weighted by atomic mass is 15.3. The fourth-order valence-corrected chi connectivity index (χ4v) is 2.90. The molecule has 1 aliphatic rings. The van der Waals surface area contributed by atoms with Crippen LogP contribution in [-0.2, 0) is 0 Å². The zero-order valence-electron chi connectivity index (χ0n) is 12.1. The predicted octanol–water partition coefficient (Wildman–Crippen LogP) is 1.81. The first-order chi connectivity index (χ1) is 8.50.